The number of nitrogens with zero attached hydrogens (tertiary/aromatic N) is 1. The zero-order valence-electron chi connectivity index (χ0n) is 14.9. The van der Waals surface area contributed by atoms with Gasteiger partial charge in [0.25, 0.3) is 0 Å². The van der Waals surface area contributed by atoms with Gasteiger partial charge in [0.1, 0.15) is 0 Å². The first kappa shape index (κ1) is 21.4. The Morgan fingerprint density at radius 2 is 1.59 bits per heavy atom. The predicted molar refractivity (Wildman–Crippen MR) is 111 cm³/mol. The summed E-state index contributed by atoms with van der Waals surface area (Å²) < 4.78 is 26.3. The lowest BCUT2D eigenvalue weighted by molar-refractivity contribution is -0.111. The van der Waals surface area contributed by atoms with Crippen molar-refractivity contribution < 1.29 is 13.2 Å². The van der Waals surface area contributed by atoms with Gasteiger partial charge >= 0.3 is 0 Å². The van der Waals surface area contributed by atoms with Crippen LogP contribution in [0.1, 0.15) is 19.4 Å². The predicted octanol–water partition coefficient (Wildman–Crippen LogP) is 4.68. The molecule has 1 amide bonds. The molecule has 0 bridgehead atoms. The van der Waals surface area contributed by atoms with E-state index >= 15 is 0 Å². The highest BCUT2D eigenvalue weighted by Gasteiger charge is 2.20. The second-order valence-electron chi connectivity index (χ2n) is 5.58. The Balaban J connectivity index is 2.11. The average molecular weight is 427 g/mol. The van der Waals surface area contributed by atoms with E-state index < -0.39 is 15.9 Å². The van der Waals surface area contributed by atoms with Gasteiger partial charge in [0.2, 0.25) is 15.9 Å². The molecule has 2 aromatic rings. The third-order valence-corrected chi connectivity index (χ3v) is 6.56. The topological polar surface area (TPSA) is 66.5 Å². The van der Waals surface area contributed by atoms with Crippen LogP contribution < -0.4 is 5.32 Å². The number of sulfonamides is 1. The van der Waals surface area contributed by atoms with Crippen LogP contribution in [0.25, 0.3) is 6.08 Å². The fourth-order valence-corrected chi connectivity index (χ4v) is 4.37. The Bertz CT molecular complexity index is 918. The van der Waals surface area contributed by atoms with Crippen LogP contribution in [-0.2, 0) is 14.8 Å². The molecule has 144 valence electrons. The molecule has 0 heterocycles. The smallest absolute Gasteiger partial charge is 0.248 e. The van der Waals surface area contributed by atoms with Crippen molar-refractivity contribution in [1.29, 1.82) is 0 Å². The Hall–Kier alpha value is -1.86. The quantitative estimate of drug-likeness (QED) is 0.653. The monoisotopic (exact) mass is 426 g/mol. The molecule has 0 atom stereocenters. The standard InChI is InChI=1S/C19H20Cl2N2O3S/c1-3-23(4-2)27(25,26)15-11-8-14(9-12-15)10-13-18(24)22-19-16(20)6-5-7-17(19)21/h5-13H,3-4H2,1-2H3,(H,22,24). The first-order valence-corrected chi connectivity index (χ1v) is 10.5. The summed E-state index contributed by atoms with van der Waals surface area (Å²) in [4.78, 5) is 12.3. The van der Waals surface area contributed by atoms with Crippen LogP contribution in [0, 0.1) is 0 Å². The molecule has 27 heavy (non-hydrogen) atoms. The highest BCUT2D eigenvalue weighted by molar-refractivity contribution is 7.89. The number of carbonyl (C=O) groups excluding carboxylic acids is 1. The number of rotatable bonds is 7. The van der Waals surface area contributed by atoms with Crippen LogP contribution >= 0.6 is 23.2 Å². The third-order valence-electron chi connectivity index (χ3n) is 3.86. The Morgan fingerprint density at radius 3 is 2.11 bits per heavy atom. The highest BCUT2D eigenvalue weighted by atomic mass is 35.5. The van der Waals surface area contributed by atoms with Crippen molar-refractivity contribution in [1.82, 2.24) is 4.31 Å². The van der Waals surface area contributed by atoms with Crippen molar-refractivity contribution in [2.75, 3.05) is 18.4 Å². The van der Waals surface area contributed by atoms with Gasteiger partial charge in [-0.1, -0.05) is 55.2 Å². The number of hydrogen-bond acceptors (Lipinski definition) is 3. The zero-order valence-corrected chi connectivity index (χ0v) is 17.3. The summed E-state index contributed by atoms with van der Waals surface area (Å²) in [5.41, 5.74) is 1.03. The average Bonchev–Trinajstić information content (AvgIpc) is 2.64. The molecule has 0 spiro atoms. The summed E-state index contributed by atoms with van der Waals surface area (Å²) in [6, 6.07) is 11.3. The normalized spacial score (nSPS) is 11.9. The number of nitrogens with one attached hydrogen (secondary N) is 1. The lowest BCUT2D eigenvalue weighted by Gasteiger charge is -2.18. The summed E-state index contributed by atoms with van der Waals surface area (Å²) in [6.07, 6.45) is 2.90. The van der Waals surface area contributed by atoms with Crippen molar-refractivity contribution in [3.05, 3.63) is 64.1 Å². The number of amides is 1. The Morgan fingerprint density at radius 1 is 1.04 bits per heavy atom. The number of para-hydroxylation sites is 1. The molecule has 1 N–H and O–H groups in total. The van der Waals surface area contributed by atoms with Gasteiger partial charge in [0.15, 0.2) is 0 Å². The summed E-state index contributed by atoms with van der Waals surface area (Å²) in [5.74, 6) is -0.398. The molecule has 0 saturated heterocycles. The van der Waals surface area contributed by atoms with Crippen LogP contribution in [0.2, 0.25) is 10.0 Å². The van der Waals surface area contributed by atoms with Crippen LogP contribution in [-0.4, -0.2) is 31.7 Å². The molecule has 0 aliphatic carbocycles. The van der Waals surface area contributed by atoms with E-state index in [9.17, 15) is 13.2 Å². The fraction of sp³-hybridized carbons (Fsp3) is 0.211. The molecule has 8 heteroatoms. The van der Waals surface area contributed by atoms with E-state index in [1.54, 1.807) is 50.3 Å². The molecule has 0 aromatic heterocycles. The van der Waals surface area contributed by atoms with E-state index in [2.05, 4.69) is 5.32 Å². The fourth-order valence-electron chi connectivity index (χ4n) is 2.42. The van der Waals surface area contributed by atoms with Crippen molar-refractivity contribution >= 4 is 50.9 Å². The maximum atomic E-state index is 12.5. The zero-order chi connectivity index (χ0) is 20.0. The molecule has 0 aliphatic rings. The molecule has 0 aliphatic heterocycles. The van der Waals surface area contributed by atoms with E-state index in [-0.39, 0.29) is 4.90 Å². The molecule has 0 fully saturated rings. The molecule has 0 unspecified atom stereocenters. The van der Waals surface area contributed by atoms with Crippen LogP contribution in [0.4, 0.5) is 5.69 Å². The van der Waals surface area contributed by atoms with E-state index in [1.807, 2.05) is 0 Å². The summed E-state index contributed by atoms with van der Waals surface area (Å²) >= 11 is 12.0. The van der Waals surface area contributed by atoms with Crippen molar-refractivity contribution in [3.8, 4) is 0 Å². The number of hydrogen-bond donors (Lipinski definition) is 1. The molecule has 0 saturated carbocycles. The third kappa shape index (κ3) is 5.32. The SMILES string of the molecule is CCN(CC)S(=O)(=O)c1ccc(C=CC(=O)Nc2c(Cl)cccc2Cl)cc1. The van der Waals surface area contributed by atoms with E-state index in [1.165, 1.54) is 22.5 Å². The molecular formula is C19H20Cl2N2O3S. The summed E-state index contributed by atoms with van der Waals surface area (Å²) in [5, 5.41) is 3.31. The van der Waals surface area contributed by atoms with Crippen molar-refractivity contribution in [2.24, 2.45) is 0 Å². The van der Waals surface area contributed by atoms with Gasteiger partial charge in [-0.2, -0.15) is 4.31 Å². The molecular weight excluding hydrogens is 407 g/mol. The first-order chi connectivity index (χ1) is 12.8. The van der Waals surface area contributed by atoms with Crippen molar-refractivity contribution in [3.63, 3.8) is 0 Å². The maximum absolute atomic E-state index is 12.5. The lowest BCUT2D eigenvalue weighted by atomic mass is 10.2. The first-order valence-electron chi connectivity index (χ1n) is 8.32. The van der Waals surface area contributed by atoms with Gasteiger partial charge in [-0.3, -0.25) is 4.79 Å². The maximum Gasteiger partial charge on any atom is 0.248 e. The Labute approximate surface area is 169 Å². The van der Waals surface area contributed by atoms with Gasteiger partial charge in [0, 0.05) is 19.2 Å². The molecule has 2 aromatic carbocycles. The second-order valence-corrected chi connectivity index (χ2v) is 8.33. The van der Waals surface area contributed by atoms with Gasteiger partial charge in [-0.15, -0.1) is 0 Å². The van der Waals surface area contributed by atoms with E-state index in [0.717, 1.165) is 0 Å². The largest absolute Gasteiger partial charge is 0.320 e. The summed E-state index contributed by atoms with van der Waals surface area (Å²) in [7, 11) is -3.50. The van der Waals surface area contributed by atoms with Crippen LogP contribution in [0.15, 0.2) is 53.4 Å². The highest BCUT2D eigenvalue weighted by Crippen LogP contribution is 2.29. The van der Waals surface area contributed by atoms with Crippen LogP contribution in [0.5, 0.6) is 0 Å². The number of anilines is 1. The molecule has 0 radical (unpaired) electrons. The van der Waals surface area contributed by atoms with Gasteiger partial charge in [0.05, 0.1) is 20.6 Å². The number of benzene rings is 2. The van der Waals surface area contributed by atoms with Gasteiger partial charge in [-0.25, -0.2) is 8.42 Å². The lowest BCUT2D eigenvalue weighted by Crippen LogP contribution is -2.30. The number of halogens is 2. The van der Waals surface area contributed by atoms with E-state index in [0.29, 0.717) is 34.4 Å². The van der Waals surface area contributed by atoms with Crippen LogP contribution in [0.3, 0.4) is 0 Å². The Kier molecular flexibility index (Phi) is 7.44. The van der Waals surface area contributed by atoms with Gasteiger partial charge < -0.3 is 5.32 Å². The van der Waals surface area contributed by atoms with Gasteiger partial charge in [-0.05, 0) is 35.9 Å². The van der Waals surface area contributed by atoms with E-state index in [4.69, 9.17) is 23.2 Å². The second kappa shape index (κ2) is 9.37. The summed E-state index contributed by atoms with van der Waals surface area (Å²) in [6.45, 7) is 4.40. The molecule has 5 nitrogen and oxygen atoms in total. The minimum atomic E-state index is -3.50. The number of carbonyl (C=O) groups is 1. The minimum absolute atomic E-state index is 0.218. The molecule has 2 rings (SSSR count). The van der Waals surface area contributed by atoms with Crippen molar-refractivity contribution in [2.45, 2.75) is 18.7 Å². The minimum Gasteiger partial charge on any atom is -0.320 e.